The van der Waals surface area contributed by atoms with Gasteiger partial charge in [-0.3, -0.25) is 4.79 Å². The Bertz CT molecular complexity index is 697. The van der Waals surface area contributed by atoms with Gasteiger partial charge in [0.15, 0.2) is 0 Å². The van der Waals surface area contributed by atoms with Gasteiger partial charge in [-0.1, -0.05) is 6.07 Å². The maximum atomic E-state index is 12.5. The molecular formula is C16H21N5O2. The molecule has 1 amide bonds. The van der Waals surface area contributed by atoms with Gasteiger partial charge in [-0.25, -0.2) is 4.68 Å². The Morgan fingerprint density at radius 2 is 2.26 bits per heavy atom. The van der Waals surface area contributed by atoms with Crippen LogP contribution in [0.2, 0.25) is 0 Å². The molecule has 1 atom stereocenters. The molecule has 0 spiro atoms. The molecule has 3 rings (SSSR count). The van der Waals surface area contributed by atoms with E-state index >= 15 is 0 Å². The van der Waals surface area contributed by atoms with Crippen LogP contribution < -0.4 is 5.32 Å². The number of ether oxygens (including phenoxy) is 1. The number of carbonyl (C=O) groups excluding carboxylic acids is 1. The molecule has 122 valence electrons. The molecule has 1 aliphatic heterocycles. The van der Waals surface area contributed by atoms with Crippen molar-refractivity contribution < 1.29 is 9.53 Å². The number of amides is 1. The molecule has 1 aromatic carbocycles. The third-order valence-electron chi connectivity index (χ3n) is 4.10. The molecule has 0 unspecified atom stereocenters. The van der Waals surface area contributed by atoms with E-state index in [9.17, 15) is 4.79 Å². The molecule has 2 aromatic rings. The Hall–Kier alpha value is -2.28. The van der Waals surface area contributed by atoms with Gasteiger partial charge in [0, 0.05) is 18.2 Å². The molecular weight excluding hydrogens is 294 g/mol. The number of carbonyl (C=O) groups is 1. The van der Waals surface area contributed by atoms with Gasteiger partial charge >= 0.3 is 0 Å². The Morgan fingerprint density at radius 3 is 2.96 bits per heavy atom. The van der Waals surface area contributed by atoms with E-state index < -0.39 is 0 Å². The lowest BCUT2D eigenvalue weighted by Gasteiger charge is -2.35. The highest BCUT2D eigenvalue weighted by Crippen LogP contribution is 2.24. The second-order valence-electron chi connectivity index (χ2n) is 6.53. The molecule has 1 fully saturated rings. The zero-order valence-corrected chi connectivity index (χ0v) is 13.6. The fourth-order valence-electron chi connectivity index (χ4n) is 2.89. The Balaban J connectivity index is 1.76. The molecule has 1 saturated heterocycles. The van der Waals surface area contributed by atoms with E-state index in [2.05, 4.69) is 20.8 Å². The number of nitrogens with one attached hydrogen (secondary N) is 1. The summed E-state index contributed by atoms with van der Waals surface area (Å²) in [4.78, 5) is 12.5. The van der Waals surface area contributed by atoms with Crippen LogP contribution in [-0.2, 0) is 4.74 Å². The van der Waals surface area contributed by atoms with Gasteiger partial charge in [-0.2, -0.15) is 0 Å². The molecule has 1 aliphatic rings. The topological polar surface area (TPSA) is 81.9 Å². The Kier molecular flexibility index (Phi) is 4.12. The third-order valence-corrected chi connectivity index (χ3v) is 4.10. The third kappa shape index (κ3) is 3.56. The number of aryl methyl sites for hydroxylation is 1. The van der Waals surface area contributed by atoms with Crippen molar-refractivity contribution in [2.24, 2.45) is 0 Å². The van der Waals surface area contributed by atoms with Gasteiger partial charge in [0.05, 0.1) is 11.3 Å². The zero-order chi connectivity index (χ0) is 16.4. The van der Waals surface area contributed by atoms with Gasteiger partial charge in [-0.15, -0.1) is 5.10 Å². The molecule has 7 nitrogen and oxygen atoms in total. The number of rotatable bonds is 3. The maximum absolute atomic E-state index is 12.5. The first kappa shape index (κ1) is 15.6. The van der Waals surface area contributed by atoms with Crippen LogP contribution in [0.4, 0.5) is 0 Å². The van der Waals surface area contributed by atoms with Crippen molar-refractivity contribution in [3.8, 4) is 5.69 Å². The van der Waals surface area contributed by atoms with Crippen LogP contribution >= 0.6 is 0 Å². The second-order valence-corrected chi connectivity index (χ2v) is 6.53. The molecule has 0 radical (unpaired) electrons. The summed E-state index contributed by atoms with van der Waals surface area (Å²) in [7, 11) is 0. The summed E-state index contributed by atoms with van der Waals surface area (Å²) in [6.45, 7) is 6.72. The lowest BCUT2D eigenvalue weighted by atomic mass is 9.93. The molecule has 0 saturated carbocycles. The molecule has 7 heteroatoms. The van der Waals surface area contributed by atoms with Gasteiger partial charge in [0.1, 0.15) is 6.33 Å². The number of hydrogen-bond donors (Lipinski definition) is 1. The average molecular weight is 315 g/mol. The van der Waals surface area contributed by atoms with Crippen LogP contribution in [0.15, 0.2) is 24.5 Å². The first-order valence-electron chi connectivity index (χ1n) is 7.73. The summed E-state index contributed by atoms with van der Waals surface area (Å²) in [5.41, 5.74) is 2.21. The summed E-state index contributed by atoms with van der Waals surface area (Å²) in [6.07, 6.45) is 3.16. The van der Waals surface area contributed by atoms with Crippen molar-refractivity contribution in [2.45, 2.75) is 45.3 Å². The second kappa shape index (κ2) is 6.08. The molecule has 2 heterocycles. The number of hydrogen-bond acceptors (Lipinski definition) is 5. The highest BCUT2D eigenvalue weighted by atomic mass is 16.5. The quantitative estimate of drug-likeness (QED) is 0.931. The van der Waals surface area contributed by atoms with Crippen LogP contribution in [-0.4, -0.2) is 44.4 Å². The lowest BCUT2D eigenvalue weighted by molar-refractivity contribution is -0.0615. The van der Waals surface area contributed by atoms with E-state index in [-0.39, 0.29) is 17.6 Å². The highest BCUT2D eigenvalue weighted by Gasteiger charge is 2.29. The Morgan fingerprint density at radius 1 is 1.43 bits per heavy atom. The predicted molar refractivity (Wildman–Crippen MR) is 84.4 cm³/mol. The van der Waals surface area contributed by atoms with E-state index in [4.69, 9.17) is 4.74 Å². The van der Waals surface area contributed by atoms with Crippen LogP contribution in [0.5, 0.6) is 0 Å². The van der Waals surface area contributed by atoms with E-state index in [1.165, 1.54) is 6.33 Å². The van der Waals surface area contributed by atoms with Crippen molar-refractivity contribution >= 4 is 5.91 Å². The monoisotopic (exact) mass is 315 g/mol. The number of benzene rings is 1. The zero-order valence-electron chi connectivity index (χ0n) is 13.6. The minimum Gasteiger partial charge on any atom is -0.375 e. The fourth-order valence-corrected chi connectivity index (χ4v) is 2.89. The smallest absolute Gasteiger partial charge is 0.251 e. The minimum atomic E-state index is -0.193. The van der Waals surface area contributed by atoms with Crippen LogP contribution in [0.1, 0.15) is 42.6 Å². The largest absolute Gasteiger partial charge is 0.375 e. The lowest BCUT2D eigenvalue weighted by Crippen LogP contribution is -2.45. The van der Waals surface area contributed by atoms with E-state index in [0.717, 1.165) is 24.1 Å². The molecule has 1 N–H and O–H groups in total. The standard InChI is InChI=1S/C16H21N5O2/c1-11-4-5-12(8-14(11)21-10-17-19-20-21)15(22)18-13-6-7-23-16(2,3)9-13/h4-5,8,10,13H,6-7,9H2,1-3H3,(H,18,22)/t13-/m0/s1. The normalized spacial score (nSPS) is 20.2. The number of aromatic nitrogens is 4. The molecule has 0 aliphatic carbocycles. The van der Waals surface area contributed by atoms with Gasteiger partial charge < -0.3 is 10.1 Å². The van der Waals surface area contributed by atoms with E-state index in [1.807, 2.05) is 39.0 Å². The van der Waals surface area contributed by atoms with Crippen molar-refractivity contribution in [2.75, 3.05) is 6.61 Å². The van der Waals surface area contributed by atoms with Gasteiger partial charge in [0.2, 0.25) is 0 Å². The molecule has 0 bridgehead atoms. The molecule has 23 heavy (non-hydrogen) atoms. The molecule has 1 aromatic heterocycles. The van der Waals surface area contributed by atoms with E-state index in [0.29, 0.717) is 12.2 Å². The fraction of sp³-hybridized carbons (Fsp3) is 0.500. The first-order valence-corrected chi connectivity index (χ1v) is 7.73. The minimum absolute atomic E-state index is 0.0815. The van der Waals surface area contributed by atoms with Crippen LogP contribution in [0.25, 0.3) is 5.69 Å². The van der Waals surface area contributed by atoms with Crippen molar-refractivity contribution in [3.63, 3.8) is 0 Å². The SMILES string of the molecule is Cc1ccc(C(=O)N[C@H]2CCOC(C)(C)C2)cc1-n1cnnn1. The average Bonchev–Trinajstić information content (AvgIpc) is 3.00. The van der Waals surface area contributed by atoms with Crippen LogP contribution in [0, 0.1) is 6.92 Å². The van der Waals surface area contributed by atoms with Gasteiger partial charge in [-0.05, 0) is 61.7 Å². The summed E-state index contributed by atoms with van der Waals surface area (Å²) < 4.78 is 7.25. The maximum Gasteiger partial charge on any atom is 0.251 e. The number of tetrazole rings is 1. The van der Waals surface area contributed by atoms with Crippen LogP contribution in [0.3, 0.4) is 0 Å². The summed E-state index contributed by atoms with van der Waals surface area (Å²) in [6, 6.07) is 5.66. The summed E-state index contributed by atoms with van der Waals surface area (Å²) in [5, 5.41) is 14.3. The number of nitrogens with zero attached hydrogens (tertiary/aromatic N) is 4. The van der Waals surface area contributed by atoms with Gasteiger partial charge in [0.25, 0.3) is 5.91 Å². The van der Waals surface area contributed by atoms with Crippen molar-refractivity contribution in [1.82, 2.24) is 25.5 Å². The first-order chi connectivity index (χ1) is 10.9. The summed E-state index contributed by atoms with van der Waals surface area (Å²) in [5.74, 6) is -0.0815. The highest BCUT2D eigenvalue weighted by molar-refractivity contribution is 5.95. The predicted octanol–water partition coefficient (Wildman–Crippen LogP) is 1.66. The van der Waals surface area contributed by atoms with Crippen molar-refractivity contribution in [3.05, 3.63) is 35.7 Å². The Labute approximate surface area is 135 Å². The summed E-state index contributed by atoms with van der Waals surface area (Å²) >= 11 is 0. The van der Waals surface area contributed by atoms with Crippen molar-refractivity contribution in [1.29, 1.82) is 0 Å². The van der Waals surface area contributed by atoms with E-state index in [1.54, 1.807) is 4.68 Å².